The second kappa shape index (κ2) is 6.38. The number of benzene rings is 2. The van der Waals surface area contributed by atoms with Crippen LogP contribution in [0.5, 0.6) is 0 Å². The van der Waals surface area contributed by atoms with E-state index in [9.17, 15) is 14.0 Å². The normalized spacial score (nSPS) is 15.2. The quantitative estimate of drug-likeness (QED) is 0.811. The van der Waals surface area contributed by atoms with Crippen LogP contribution in [-0.2, 0) is 16.1 Å². The molecule has 1 aliphatic heterocycles. The molecule has 1 saturated heterocycles. The zero-order valence-corrected chi connectivity index (χ0v) is 13.0. The average molecular weight is 333 g/mol. The first-order valence-electron chi connectivity index (χ1n) is 7.16. The molecule has 4 nitrogen and oxygen atoms in total. The van der Waals surface area contributed by atoms with Crippen LogP contribution < -0.4 is 4.90 Å². The highest BCUT2D eigenvalue weighted by atomic mass is 35.5. The van der Waals surface area contributed by atoms with Crippen molar-refractivity contribution >= 4 is 29.1 Å². The molecule has 0 spiro atoms. The highest BCUT2D eigenvalue weighted by Gasteiger charge is 2.33. The van der Waals surface area contributed by atoms with Crippen molar-refractivity contribution in [2.24, 2.45) is 0 Å². The lowest BCUT2D eigenvalue weighted by molar-refractivity contribution is -0.146. The Morgan fingerprint density at radius 1 is 1.00 bits per heavy atom. The Bertz CT molecular complexity index is 766. The van der Waals surface area contributed by atoms with E-state index < -0.39 is 11.8 Å². The van der Waals surface area contributed by atoms with Gasteiger partial charge in [0.2, 0.25) is 0 Å². The number of hydrogen-bond donors (Lipinski definition) is 0. The molecule has 1 aliphatic rings. The van der Waals surface area contributed by atoms with E-state index in [4.69, 9.17) is 11.6 Å². The summed E-state index contributed by atoms with van der Waals surface area (Å²) in [7, 11) is 0. The third-order valence-electron chi connectivity index (χ3n) is 3.75. The van der Waals surface area contributed by atoms with E-state index in [-0.39, 0.29) is 12.4 Å². The third-order valence-corrected chi connectivity index (χ3v) is 3.98. The second-order valence-corrected chi connectivity index (χ2v) is 5.69. The Morgan fingerprint density at radius 3 is 2.52 bits per heavy atom. The molecule has 0 atom stereocenters. The number of nitrogens with zero attached hydrogens (tertiary/aromatic N) is 2. The van der Waals surface area contributed by atoms with Gasteiger partial charge in [-0.25, -0.2) is 4.39 Å². The molecule has 0 aliphatic carbocycles. The smallest absolute Gasteiger partial charge is 0.316 e. The minimum absolute atomic E-state index is 0.0840. The van der Waals surface area contributed by atoms with E-state index in [1.807, 2.05) is 0 Å². The van der Waals surface area contributed by atoms with Crippen molar-refractivity contribution in [3.63, 3.8) is 0 Å². The molecule has 1 fully saturated rings. The number of hydrogen-bond acceptors (Lipinski definition) is 2. The highest BCUT2D eigenvalue weighted by Crippen LogP contribution is 2.22. The van der Waals surface area contributed by atoms with Crippen LogP contribution in [0.1, 0.15) is 5.56 Å². The summed E-state index contributed by atoms with van der Waals surface area (Å²) in [6.07, 6.45) is 0. The van der Waals surface area contributed by atoms with Crippen molar-refractivity contribution in [1.29, 1.82) is 0 Å². The number of anilines is 1. The zero-order chi connectivity index (χ0) is 16.4. The molecule has 0 saturated carbocycles. The summed E-state index contributed by atoms with van der Waals surface area (Å²) in [4.78, 5) is 27.4. The van der Waals surface area contributed by atoms with Gasteiger partial charge in [0.15, 0.2) is 0 Å². The van der Waals surface area contributed by atoms with Crippen LogP contribution in [0.15, 0.2) is 48.5 Å². The Labute approximate surface area is 138 Å². The van der Waals surface area contributed by atoms with Crippen LogP contribution in [0, 0.1) is 5.82 Å². The Kier molecular flexibility index (Phi) is 4.30. The Morgan fingerprint density at radius 2 is 1.78 bits per heavy atom. The first kappa shape index (κ1) is 15.5. The van der Waals surface area contributed by atoms with Crippen molar-refractivity contribution in [1.82, 2.24) is 4.90 Å². The molecule has 6 heteroatoms. The fourth-order valence-corrected chi connectivity index (χ4v) is 2.73. The van der Waals surface area contributed by atoms with Gasteiger partial charge in [0.05, 0.1) is 0 Å². The maximum absolute atomic E-state index is 13.7. The van der Waals surface area contributed by atoms with E-state index in [0.717, 1.165) is 0 Å². The molecule has 0 N–H and O–H groups in total. The first-order chi connectivity index (χ1) is 11.1. The fourth-order valence-electron chi connectivity index (χ4n) is 2.55. The molecule has 2 amide bonds. The van der Waals surface area contributed by atoms with Gasteiger partial charge in [0, 0.05) is 35.9 Å². The maximum atomic E-state index is 13.7. The molecule has 0 bridgehead atoms. The predicted octanol–water partition coefficient (Wildman–Crippen LogP) is 2.85. The standard InChI is InChI=1S/C17H14ClFN2O2/c18-13-5-3-6-14(10-13)21-9-8-20(16(22)17(21)23)11-12-4-1-2-7-15(12)19/h1-7,10H,8-9,11H2. The van der Waals surface area contributed by atoms with Crippen molar-refractivity contribution in [3.8, 4) is 0 Å². The molecule has 2 aromatic rings. The van der Waals surface area contributed by atoms with Crippen LogP contribution in [-0.4, -0.2) is 29.8 Å². The van der Waals surface area contributed by atoms with Crippen LogP contribution in [0.3, 0.4) is 0 Å². The summed E-state index contributed by atoms with van der Waals surface area (Å²) in [6, 6.07) is 13.0. The van der Waals surface area contributed by atoms with Crippen LogP contribution in [0.2, 0.25) is 5.02 Å². The summed E-state index contributed by atoms with van der Waals surface area (Å²) in [5.41, 5.74) is 0.978. The number of rotatable bonds is 3. The lowest BCUT2D eigenvalue weighted by Gasteiger charge is -2.33. The fraction of sp³-hybridized carbons (Fsp3) is 0.176. The van der Waals surface area contributed by atoms with Gasteiger partial charge in [-0.15, -0.1) is 0 Å². The van der Waals surface area contributed by atoms with Crippen LogP contribution >= 0.6 is 11.6 Å². The highest BCUT2D eigenvalue weighted by molar-refractivity contribution is 6.41. The molecule has 1 heterocycles. The number of piperazine rings is 1. The van der Waals surface area contributed by atoms with E-state index in [2.05, 4.69) is 0 Å². The van der Waals surface area contributed by atoms with E-state index >= 15 is 0 Å². The van der Waals surface area contributed by atoms with Crippen molar-refractivity contribution < 1.29 is 14.0 Å². The van der Waals surface area contributed by atoms with E-state index in [1.165, 1.54) is 15.9 Å². The molecule has 23 heavy (non-hydrogen) atoms. The minimum atomic E-state index is -0.639. The number of halogens is 2. The molecule has 3 rings (SSSR count). The molecule has 0 unspecified atom stereocenters. The molecule has 0 aromatic heterocycles. The van der Waals surface area contributed by atoms with Gasteiger partial charge in [-0.1, -0.05) is 35.9 Å². The van der Waals surface area contributed by atoms with Crippen molar-refractivity contribution in [2.75, 3.05) is 18.0 Å². The monoisotopic (exact) mass is 332 g/mol. The van der Waals surface area contributed by atoms with Gasteiger partial charge in [0.1, 0.15) is 5.82 Å². The number of carbonyl (C=O) groups excluding carboxylic acids is 2. The van der Waals surface area contributed by atoms with E-state index in [1.54, 1.807) is 42.5 Å². The van der Waals surface area contributed by atoms with Gasteiger partial charge < -0.3 is 9.80 Å². The number of carbonyl (C=O) groups is 2. The summed E-state index contributed by atoms with van der Waals surface area (Å²) in [5.74, 6) is -1.65. The molecule has 118 valence electrons. The summed E-state index contributed by atoms with van der Waals surface area (Å²) in [6.45, 7) is 0.769. The SMILES string of the molecule is O=C1C(=O)N(c2cccc(Cl)c2)CCN1Cc1ccccc1F. The summed E-state index contributed by atoms with van der Waals surface area (Å²) >= 11 is 5.93. The van der Waals surface area contributed by atoms with Crippen LogP contribution in [0.4, 0.5) is 10.1 Å². The largest absolute Gasteiger partial charge is 0.328 e. The minimum Gasteiger partial charge on any atom is -0.328 e. The molecule has 0 radical (unpaired) electrons. The van der Waals surface area contributed by atoms with Gasteiger partial charge in [-0.05, 0) is 24.3 Å². The average Bonchev–Trinajstić information content (AvgIpc) is 2.54. The topological polar surface area (TPSA) is 40.6 Å². The van der Waals surface area contributed by atoms with Gasteiger partial charge in [-0.2, -0.15) is 0 Å². The lowest BCUT2D eigenvalue weighted by Crippen LogP contribution is -2.54. The van der Waals surface area contributed by atoms with Gasteiger partial charge in [-0.3, -0.25) is 9.59 Å². The summed E-state index contributed by atoms with van der Waals surface area (Å²) in [5, 5.41) is 0.497. The zero-order valence-electron chi connectivity index (χ0n) is 12.2. The molecule has 2 aromatic carbocycles. The number of amides is 2. The second-order valence-electron chi connectivity index (χ2n) is 5.25. The maximum Gasteiger partial charge on any atom is 0.316 e. The van der Waals surface area contributed by atoms with E-state index in [0.29, 0.717) is 29.4 Å². The lowest BCUT2D eigenvalue weighted by atomic mass is 10.1. The molecular formula is C17H14ClFN2O2. The molecular weight excluding hydrogens is 319 g/mol. The summed E-state index contributed by atoms with van der Waals surface area (Å²) < 4.78 is 13.7. The van der Waals surface area contributed by atoms with Gasteiger partial charge in [0.25, 0.3) is 0 Å². The van der Waals surface area contributed by atoms with Crippen molar-refractivity contribution in [2.45, 2.75) is 6.54 Å². The van der Waals surface area contributed by atoms with Crippen molar-refractivity contribution in [3.05, 3.63) is 64.9 Å². The third kappa shape index (κ3) is 3.19. The van der Waals surface area contributed by atoms with Crippen LogP contribution in [0.25, 0.3) is 0 Å². The van der Waals surface area contributed by atoms with Gasteiger partial charge >= 0.3 is 11.8 Å². The Hall–Kier alpha value is -2.40. The predicted molar refractivity (Wildman–Crippen MR) is 85.6 cm³/mol. The first-order valence-corrected chi connectivity index (χ1v) is 7.54. The Balaban J connectivity index is 1.77.